The van der Waals surface area contributed by atoms with Gasteiger partial charge in [-0.05, 0) is 36.1 Å². The monoisotopic (exact) mass is 331 g/mol. The van der Waals surface area contributed by atoms with Crippen molar-refractivity contribution in [3.8, 4) is 11.1 Å². The van der Waals surface area contributed by atoms with Crippen LogP contribution in [0.2, 0.25) is 0 Å². The van der Waals surface area contributed by atoms with Crippen molar-refractivity contribution < 1.29 is 23.7 Å². The lowest BCUT2D eigenvalue weighted by molar-refractivity contribution is -0.353. The van der Waals surface area contributed by atoms with E-state index in [-0.39, 0.29) is 0 Å². The smallest absolute Gasteiger partial charge is 0.338 e. The van der Waals surface area contributed by atoms with Crippen LogP contribution in [0.5, 0.6) is 0 Å². The lowest BCUT2D eigenvalue weighted by Gasteiger charge is -2.23. The van der Waals surface area contributed by atoms with Crippen molar-refractivity contribution in [2.45, 2.75) is 19.4 Å². The first-order valence-corrected chi connectivity index (χ1v) is 7.56. The Bertz CT molecular complexity index is 640. The molecule has 0 aliphatic carbocycles. The zero-order chi connectivity index (χ0) is 17.5. The first-order chi connectivity index (χ1) is 11.5. The highest BCUT2D eigenvalue weighted by Crippen LogP contribution is 2.21. The average molecular weight is 331 g/mol. The molecule has 2 rings (SSSR count). The fourth-order valence-corrected chi connectivity index (χ4v) is 2.20. The van der Waals surface area contributed by atoms with E-state index in [1.165, 1.54) is 7.11 Å². The Morgan fingerprint density at radius 1 is 1.04 bits per heavy atom. The van der Waals surface area contributed by atoms with Crippen LogP contribution in [0.15, 0.2) is 54.6 Å². The topological polar surface area (TPSA) is 44.8 Å². The molecule has 1 radical (unpaired) electrons. The van der Waals surface area contributed by atoms with E-state index in [9.17, 15) is 9.18 Å². The molecule has 127 valence electrons. The minimum atomic E-state index is -1.91. The summed E-state index contributed by atoms with van der Waals surface area (Å²) in [5.74, 6) is -1.15. The van der Waals surface area contributed by atoms with Gasteiger partial charge >= 0.3 is 5.97 Å². The van der Waals surface area contributed by atoms with Crippen molar-refractivity contribution in [3.05, 3.63) is 67.1 Å². The molecule has 0 saturated heterocycles. The zero-order valence-corrected chi connectivity index (χ0v) is 13.6. The largest absolute Gasteiger partial charge is 0.453 e. The molecule has 0 saturated carbocycles. The second kappa shape index (κ2) is 8.57. The van der Waals surface area contributed by atoms with Crippen LogP contribution in [0, 0.1) is 12.8 Å². The number of alkyl halides is 1. The number of ether oxygens (including phenoxy) is 1. The van der Waals surface area contributed by atoms with Gasteiger partial charge in [0, 0.05) is 0 Å². The number of carbonyl (C=O) groups is 1. The molecule has 0 N–H and O–H groups in total. The summed E-state index contributed by atoms with van der Waals surface area (Å²) >= 11 is 0. The molecule has 0 amide bonds. The summed E-state index contributed by atoms with van der Waals surface area (Å²) in [5, 5.41) is 0. The molecule has 2 aromatic carbocycles. The van der Waals surface area contributed by atoms with E-state index < -0.39 is 24.3 Å². The standard InChI is InChI=1S/C19H20FO4/c1-13(2)17(18(20)24-22-3)23-19(21)16-11-9-15(10-12-16)14-7-5-4-6-8-14/h4-13,17-18H,1H2,2-3H3/t13-,17-,18-/m1/s1. The zero-order valence-electron chi connectivity index (χ0n) is 13.6. The van der Waals surface area contributed by atoms with Gasteiger partial charge in [0.2, 0.25) is 0 Å². The Kier molecular flexibility index (Phi) is 6.46. The first-order valence-electron chi connectivity index (χ1n) is 7.56. The summed E-state index contributed by atoms with van der Waals surface area (Å²) in [6.45, 7) is 5.32. The Labute approximate surface area is 141 Å². The minimum Gasteiger partial charge on any atom is -0.453 e. The molecule has 24 heavy (non-hydrogen) atoms. The van der Waals surface area contributed by atoms with Crippen LogP contribution in [0.25, 0.3) is 11.1 Å². The lowest BCUT2D eigenvalue weighted by Crippen LogP contribution is -2.35. The van der Waals surface area contributed by atoms with Crippen molar-refractivity contribution in [3.63, 3.8) is 0 Å². The summed E-state index contributed by atoms with van der Waals surface area (Å²) in [7, 11) is 1.18. The molecule has 0 aromatic heterocycles. The highest BCUT2D eigenvalue weighted by Gasteiger charge is 2.30. The van der Waals surface area contributed by atoms with Crippen molar-refractivity contribution >= 4 is 5.97 Å². The van der Waals surface area contributed by atoms with Gasteiger partial charge in [0.25, 0.3) is 6.36 Å². The second-order valence-electron chi connectivity index (χ2n) is 5.40. The first kappa shape index (κ1) is 18.1. The van der Waals surface area contributed by atoms with Crippen molar-refractivity contribution in [1.82, 2.24) is 0 Å². The van der Waals surface area contributed by atoms with Gasteiger partial charge in [0.05, 0.1) is 12.7 Å². The third kappa shape index (κ3) is 4.63. The predicted octanol–water partition coefficient (Wildman–Crippen LogP) is 4.22. The van der Waals surface area contributed by atoms with Gasteiger partial charge in [0.15, 0.2) is 6.10 Å². The fourth-order valence-electron chi connectivity index (χ4n) is 2.20. The summed E-state index contributed by atoms with van der Waals surface area (Å²) in [5.41, 5.74) is 2.34. The molecule has 0 spiro atoms. The van der Waals surface area contributed by atoms with Crippen molar-refractivity contribution in [2.24, 2.45) is 5.92 Å². The average Bonchev–Trinajstić information content (AvgIpc) is 2.60. The normalized spacial score (nSPS) is 13.5. The van der Waals surface area contributed by atoms with E-state index in [1.54, 1.807) is 19.1 Å². The third-order valence-electron chi connectivity index (χ3n) is 3.48. The Hall–Kier alpha value is -2.24. The summed E-state index contributed by atoms with van der Waals surface area (Å²) in [6.07, 6.45) is -3.07. The third-order valence-corrected chi connectivity index (χ3v) is 3.48. The number of hydrogen-bond acceptors (Lipinski definition) is 4. The fraction of sp³-hybridized carbons (Fsp3) is 0.263. The van der Waals surface area contributed by atoms with Crippen LogP contribution in [-0.4, -0.2) is 25.5 Å². The van der Waals surface area contributed by atoms with Gasteiger partial charge in [-0.15, -0.1) is 0 Å². The highest BCUT2D eigenvalue weighted by molar-refractivity contribution is 5.90. The van der Waals surface area contributed by atoms with Crippen LogP contribution >= 0.6 is 0 Å². The van der Waals surface area contributed by atoms with Crippen LogP contribution < -0.4 is 0 Å². The molecule has 0 unspecified atom stereocenters. The molecule has 2 aromatic rings. The SMILES string of the molecule is [CH2][C@H](C)[C@@H](OC(=O)c1ccc(-c2ccccc2)cc1)[C@H](F)OOC. The molecule has 0 bridgehead atoms. The van der Waals surface area contributed by atoms with E-state index in [2.05, 4.69) is 16.7 Å². The van der Waals surface area contributed by atoms with Crippen LogP contribution in [-0.2, 0) is 14.5 Å². The summed E-state index contributed by atoms with van der Waals surface area (Å²) in [4.78, 5) is 20.9. The number of halogens is 1. The quantitative estimate of drug-likeness (QED) is 0.433. The van der Waals surface area contributed by atoms with Gasteiger partial charge in [0.1, 0.15) is 0 Å². The number of hydrogen-bond donors (Lipinski definition) is 0. The number of benzene rings is 2. The van der Waals surface area contributed by atoms with Crippen LogP contribution in [0.3, 0.4) is 0 Å². The van der Waals surface area contributed by atoms with Gasteiger partial charge in [-0.1, -0.05) is 49.4 Å². The van der Waals surface area contributed by atoms with Gasteiger partial charge in [-0.3, -0.25) is 0 Å². The van der Waals surface area contributed by atoms with E-state index in [1.807, 2.05) is 42.5 Å². The molecule has 0 heterocycles. The van der Waals surface area contributed by atoms with E-state index in [4.69, 9.17) is 4.74 Å². The number of carbonyl (C=O) groups excluding carboxylic acids is 1. The van der Waals surface area contributed by atoms with E-state index in [0.29, 0.717) is 5.56 Å². The van der Waals surface area contributed by atoms with Crippen LogP contribution in [0.1, 0.15) is 17.3 Å². The maximum absolute atomic E-state index is 13.8. The Balaban J connectivity index is 2.09. The molecule has 4 nitrogen and oxygen atoms in total. The second-order valence-corrected chi connectivity index (χ2v) is 5.40. The molecule has 3 atom stereocenters. The lowest BCUT2D eigenvalue weighted by atomic mass is 10.0. The predicted molar refractivity (Wildman–Crippen MR) is 88.6 cm³/mol. The Morgan fingerprint density at radius 2 is 1.62 bits per heavy atom. The van der Waals surface area contributed by atoms with Gasteiger partial charge < -0.3 is 4.74 Å². The maximum atomic E-state index is 13.8. The van der Waals surface area contributed by atoms with E-state index >= 15 is 0 Å². The van der Waals surface area contributed by atoms with E-state index in [0.717, 1.165) is 11.1 Å². The molecule has 5 heteroatoms. The molecule has 0 fully saturated rings. The molecule has 0 aliphatic rings. The summed E-state index contributed by atoms with van der Waals surface area (Å²) < 4.78 is 19.0. The maximum Gasteiger partial charge on any atom is 0.338 e. The van der Waals surface area contributed by atoms with Gasteiger partial charge in [-0.2, -0.15) is 4.89 Å². The number of esters is 1. The minimum absolute atomic E-state index is 0.324. The molecular weight excluding hydrogens is 311 g/mol. The van der Waals surface area contributed by atoms with Crippen molar-refractivity contribution in [1.29, 1.82) is 0 Å². The molecule has 0 aliphatic heterocycles. The van der Waals surface area contributed by atoms with Crippen molar-refractivity contribution in [2.75, 3.05) is 7.11 Å². The number of rotatable bonds is 7. The Morgan fingerprint density at radius 3 is 2.17 bits per heavy atom. The summed E-state index contributed by atoms with van der Waals surface area (Å²) in [6, 6.07) is 16.7. The molecular formula is C19H20FO4. The highest BCUT2D eigenvalue weighted by atomic mass is 19.1. The van der Waals surface area contributed by atoms with Gasteiger partial charge in [-0.25, -0.2) is 14.1 Å². The van der Waals surface area contributed by atoms with Crippen LogP contribution in [0.4, 0.5) is 4.39 Å².